The fourth-order valence-electron chi connectivity index (χ4n) is 1.97. The molecule has 1 fully saturated rings. The molecule has 0 bridgehead atoms. The van der Waals surface area contributed by atoms with Crippen molar-refractivity contribution in [3.05, 3.63) is 11.6 Å². The molecule has 106 valence electrons. The van der Waals surface area contributed by atoms with Crippen LogP contribution in [0.3, 0.4) is 0 Å². The van der Waals surface area contributed by atoms with Gasteiger partial charge in [-0.25, -0.2) is 4.98 Å². The summed E-state index contributed by atoms with van der Waals surface area (Å²) in [6.45, 7) is 9.93. The van der Waals surface area contributed by atoms with Crippen LogP contribution in [-0.4, -0.2) is 54.1 Å². The third-order valence-corrected chi connectivity index (χ3v) is 3.92. The van der Waals surface area contributed by atoms with Gasteiger partial charge in [0.25, 0.3) is 0 Å². The first-order valence-corrected chi connectivity index (χ1v) is 7.51. The molecule has 0 spiro atoms. The number of nitrogens with zero attached hydrogens (tertiary/aromatic N) is 3. The van der Waals surface area contributed by atoms with Crippen LogP contribution in [0.15, 0.2) is 11.6 Å². The lowest BCUT2D eigenvalue weighted by Gasteiger charge is -2.35. The van der Waals surface area contributed by atoms with E-state index >= 15 is 0 Å². The van der Waals surface area contributed by atoms with E-state index < -0.39 is 0 Å². The summed E-state index contributed by atoms with van der Waals surface area (Å²) in [4.78, 5) is 20.6. The molecule has 0 aliphatic carbocycles. The molecule has 1 aromatic heterocycles. The number of aromatic nitrogens is 1. The number of carbonyl (C=O) groups is 1. The minimum atomic E-state index is -0.0155. The molecule has 2 heterocycles. The van der Waals surface area contributed by atoms with E-state index in [-0.39, 0.29) is 11.4 Å². The average Bonchev–Trinajstić information content (AvgIpc) is 2.89. The molecule has 0 aromatic carbocycles. The zero-order valence-corrected chi connectivity index (χ0v) is 12.7. The Morgan fingerprint density at radius 2 is 2.05 bits per heavy atom. The second-order valence-corrected chi connectivity index (χ2v) is 6.66. The third-order valence-electron chi connectivity index (χ3n) is 3.09. The predicted octanol–water partition coefficient (Wildman–Crippen LogP) is 1.18. The molecule has 0 atom stereocenters. The van der Waals surface area contributed by atoms with Crippen LogP contribution in [0.25, 0.3) is 0 Å². The summed E-state index contributed by atoms with van der Waals surface area (Å²) in [6.07, 6.45) is 1.82. The molecule has 6 heteroatoms. The summed E-state index contributed by atoms with van der Waals surface area (Å²) in [5, 5.41) is 6.28. The van der Waals surface area contributed by atoms with Gasteiger partial charge < -0.3 is 15.1 Å². The van der Waals surface area contributed by atoms with E-state index in [1.54, 1.807) is 11.3 Å². The number of carbonyl (C=O) groups excluding carboxylic acids is 1. The maximum Gasteiger partial charge on any atom is 0.236 e. The highest BCUT2D eigenvalue weighted by molar-refractivity contribution is 7.13. The van der Waals surface area contributed by atoms with Gasteiger partial charge in [0.1, 0.15) is 0 Å². The number of hydrogen-bond donors (Lipinski definition) is 1. The highest BCUT2D eigenvalue weighted by Crippen LogP contribution is 2.18. The van der Waals surface area contributed by atoms with Crippen molar-refractivity contribution < 1.29 is 4.79 Å². The predicted molar refractivity (Wildman–Crippen MR) is 78.7 cm³/mol. The number of thiazole rings is 1. The maximum absolute atomic E-state index is 12.1. The summed E-state index contributed by atoms with van der Waals surface area (Å²) in [7, 11) is 0. The normalized spacial score (nSPS) is 16.8. The standard InChI is InChI=1S/C13H22N4OS/c1-13(2,3)15-10-11(18)16-5-7-17(8-6-16)12-14-4-9-19-12/h4,9,15H,5-8,10H2,1-3H3. The van der Waals surface area contributed by atoms with Crippen molar-refractivity contribution >= 4 is 22.4 Å². The van der Waals surface area contributed by atoms with Crippen molar-refractivity contribution in [1.29, 1.82) is 0 Å². The lowest BCUT2D eigenvalue weighted by molar-refractivity contribution is -0.130. The zero-order chi connectivity index (χ0) is 13.9. The van der Waals surface area contributed by atoms with E-state index in [9.17, 15) is 4.79 Å². The highest BCUT2D eigenvalue weighted by Gasteiger charge is 2.23. The molecular weight excluding hydrogens is 260 g/mol. The van der Waals surface area contributed by atoms with Crippen molar-refractivity contribution in [2.45, 2.75) is 26.3 Å². The van der Waals surface area contributed by atoms with Gasteiger partial charge in [-0.2, -0.15) is 0 Å². The minimum absolute atomic E-state index is 0.0155. The van der Waals surface area contributed by atoms with Crippen LogP contribution in [0.1, 0.15) is 20.8 Å². The summed E-state index contributed by atoms with van der Waals surface area (Å²) < 4.78 is 0. The van der Waals surface area contributed by atoms with Gasteiger partial charge in [0.05, 0.1) is 6.54 Å². The number of hydrogen-bond acceptors (Lipinski definition) is 5. The van der Waals surface area contributed by atoms with Gasteiger partial charge in [0.2, 0.25) is 5.91 Å². The lowest BCUT2D eigenvalue weighted by Crippen LogP contribution is -2.52. The molecule has 0 unspecified atom stereocenters. The van der Waals surface area contributed by atoms with Crippen molar-refractivity contribution in [2.24, 2.45) is 0 Å². The van der Waals surface area contributed by atoms with Crippen molar-refractivity contribution in [2.75, 3.05) is 37.6 Å². The molecule has 1 aliphatic rings. The molecule has 19 heavy (non-hydrogen) atoms. The molecule has 1 saturated heterocycles. The third kappa shape index (κ3) is 4.18. The van der Waals surface area contributed by atoms with Gasteiger partial charge in [-0.05, 0) is 20.8 Å². The highest BCUT2D eigenvalue weighted by atomic mass is 32.1. The first-order chi connectivity index (χ1) is 8.96. The van der Waals surface area contributed by atoms with Gasteiger partial charge >= 0.3 is 0 Å². The van der Waals surface area contributed by atoms with Crippen LogP contribution in [0.5, 0.6) is 0 Å². The van der Waals surface area contributed by atoms with Crippen LogP contribution < -0.4 is 10.2 Å². The Hall–Kier alpha value is -1.14. The fraction of sp³-hybridized carbons (Fsp3) is 0.692. The second kappa shape index (κ2) is 5.88. The lowest BCUT2D eigenvalue weighted by atomic mass is 10.1. The van der Waals surface area contributed by atoms with Crippen LogP contribution in [0.4, 0.5) is 5.13 Å². The topological polar surface area (TPSA) is 48.5 Å². The summed E-state index contributed by atoms with van der Waals surface area (Å²) in [6, 6.07) is 0. The number of rotatable bonds is 3. The molecule has 1 amide bonds. The Kier molecular flexibility index (Phi) is 4.42. The largest absolute Gasteiger partial charge is 0.345 e. The van der Waals surface area contributed by atoms with Gasteiger partial charge in [0.15, 0.2) is 5.13 Å². The minimum Gasteiger partial charge on any atom is -0.345 e. The Bertz CT molecular complexity index is 405. The molecular formula is C13H22N4OS. The maximum atomic E-state index is 12.1. The van der Waals surface area contributed by atoms with Gasteiger partial charge in [0, 0.05) is 43.3 Å². The summed E-state index contributed by atoms with van der Waals surface area (Å²) in [5.74, 6) is 0.189. The van der Waals surface area contributed by atoms with E-state index in [0.29, 0.717) is 6.54 Å². The van der Waals surface area contributed by atoms with Gasteiger partial charge in [-0.3, -0.25) is 4.79 Å². The Labute approximate surface area is 118 Å². The number of anilines is 1. The quantitative estimate of drug-likeness (QED) is 0.904. The number of nitrogens with one attached hydrogen (secondary N) is 1. The molecule has 2 rings (SSSR count). The van der Waals surface area contributed by atoms with E-state index in [0.717, 1.165) is 31.3 Å². The monoisotopic (exact) mass is 282 g/mol. The average molecular weight is 282 g/mol. The van der Waals surface area contributed by atoms with Gasteiger partial charge in [-0.1, -0.05) is 0 Å². The van der Waals surface area contributed by atoms with E-state index in [1.165, 1.54) is 0 Å². The fourth-order valence-corrected chi connectivity index (χ4v) is 2.67. The zero-order valence-electron chi connectivity index (χ0n) is 11.8. The molecule has 1 aromatic rings. The molecule has 1 N–H and O–H groups in total. The van der Waals surface area contributed by atoms with Crippen molar-refractivity contribution in [3.63, 3.8) is 0 Å². The van der Waals surface area contributed by atoms with Crippen molar-refractivity contribution in [3.8, 4) is 0 Å². The SMILES string of the molecule is CC(C)(C)NCC(=O)N1CCN(c2nccs2)CC1. The van der Waals surface area contributed by atoms with E-state index in [4.69, 9.17) is 0 Å². The smallest absolute Gasteiger partial charge is 0.236 e. The molecule has 0 saturated carbocycles. The Balaban J connectivity index is 1.78. The molecule has 0 radical (unpaired) electrons. The molecule has 1 aliphatic heterocycles. The van der Waals surface area contributed by atoms with Crippen molar-refractivity contribution in [1.82, 2.24) is 15.2 Å². The second-order valence-electron chi connectivity index (χ2n) is 5.79. The number of piperazine rings is 1. The van der Waals surface area contributed by atoms with Crippen LogP contribution in [0, 0.1) is 0 Å². The van der Waals surface area contributed by atoms with E-state index in [2.05, 4.69) is 36.0 Å². The van der Waals surface area contributed by atoms with Crippen LogP contribution in [0.2, 0.25) is 0 Å². The van der Waals surface area contributed by atoms with Crippen LogP contribution in [-0.2, 0) is 4.79 Å². The first-order valence-electron chi connectivity index (χ1n) is 6.63. The van der Waals surface area contributed by atoms with Gasteiger partial charge in [-0.15, -0.1) is 11.3 Å². The number of amides is 1. The Morgan fingerprint density at radius 1 is 1.37 bits per heavy atom. The summed E-state index contributed by atoms with van der Waals surface area (Å²) >= 11 is 1.65. The molecule has 5 nitrogen and oxygen atoms in total. The summed E-state index contributed by atoms with van der Waals surface area (Å²) in [5.41, 5.74) is -0.0155. The van der Waals surface area contributed by atoms with Crippen LogP contribution >= 0.6 is 11.3 Å². The first kappa shape index (κ1) is 14.3. The Morgan fingerprint density at radius 3 is 2.58 bits per heavy atom. The van der Waals surface area contributed by atoms with E-state index in [1.807, 2.05) is 16.5 Å².